The van der Waals surface area contributed by atoms with Crippen molar-refractivity contribution in [3.63, 3.8) is 0 Å². The molecule has 1 rings (SSSR count). The monoisotopic (exact) mass is 321 g/mol. The minimum atomic E-state index is -0.440. The number of benzene rings is 1. The Morgan fingerprint density at radius 1 is 1.22 bits per heavy atom. The second-order valence-electron chi connectivity index (χ2n) is 6.73. The lowest BCUT2D eigenvalue weighted by atomic mass is 9.86. The Hall–Kier alpha value is -1.88. The SMILES string of the molecule is COC(=O)C(C)CN(CCO)C(=O)c1ccc(C(C)(C)C)cc1. The van der Waals surface area contributed by atoms with Crippen LogP contribution in [0.3, 0.4) is 0 Å². The fraction of sp³-hybridized carbons (Fsp3) is 0.556. The smallest absolute Gasteiger partial charge is 0.310 e. The number of hydrogen-bond acceptors (Lipinski definition) is 4. The van der Waals surface area contributed by atoms with E-state index in [2.05, 4.69) is 20.8 Å². The molecule has 5 heteroatoms. The van der Waals surface area contributed by atoms with Gasteiger partial charge in [0.05, 0.1) is 19.6 Å². The molecule has 128 valence electrons. The van der Waals surface area contributed by atoms with Gasteiger partial charge in [-0.2, -0.15) is 0 Å². The summed E-state index contributed by atoms with van der Waals surface area (Å²) in [5.41, 5.74) is 1.71. The van der Waals surface area contributed by atoms with Crippen LogP contribution in [0.5, 0.6) is 0 Å². The number of carbonyl (C=O) groups excluding carboxylic acids is 2. The summed E-state index contributed by atoms with van der Waals surface area (Å²) in [6.07, 6.45) is 0. The molecule has 1 aromatic carbocycles. The Morgan fingerprint density at radius 2 is 1.78 bits per heavy atom. The zero-order valence-corrected chi connectivity index (χ0v) is 14.6. The van der Waals surface area contributed by atoms with Crippen LogP contribution in [-0.4, -0.2) is 48.7 Å². The molecular formula is C18H27NO4. The second kappa shape index (κ2) is 8.11. The van der Waals surface area contributed by atoms with Crippen LogP contribution in [0.15, 0.2) is 24.3 Å². The fourth-order valence-corrected chi connectivity index (χ4v) is 2.30. The molecule has 0 saturated heterocycles. The number of carbonyl (C=O) groups is 2. The van der Waals surface area contributed by atoms with Gasteiger partial charge in [0.2, 0.25) is 0 Å². The highest BCUT2D eigenvalue weighted by Crippen LogP contribution is 2.22. The van der Waals surface area contributed by atoms with Gasteiger partial charge < -0.3 is 14.7 Å². The van der Waals surface area contributed by atoms with E-state index in [-0.39, 0.29) is 37.0 Å². The summed E-state index contributed by atoms with van der Waals surface area (Å²) >= 11 is 0. The Balaban J connectivity index is 2.91. The number of aliphatic hydroxyl groups is 1. The first kappa shape index (κ1) is 19.2. The predicted octanol–water partition coefficient (Wildman–Crippen LogP) is 2.23. The lowest BCUT2D eigenvalue weighted by molar-refractivity contribution is -0.145. The number of nitrogens with zero attached hydrogens (tertiary/aromatic N) is 1. The Kier molecular flexibility index (Phi) is 6.76. The maximum Gasteiger partial charge on any atom is 0.310 e. The number of hydrogen-bond donors (Lipinski definition) is 1. The number of aliphatic hydroxyl groups excluding tert-OH is 1. The summed E-state index contributed by atoms with van der Waals surface area (Å²) < 4.78 is 4.69. The molecule has 23 heavy (non-hydrogen) atoms. The van der Waals surface area contributed by atoms with E-state index in [1.54, 1.807) is 19.1 Å². The van der Waals surface area contributed by atoms with Gasteiger partial charge >= 0.3 is 5.97 Å². The summed E-state index contributed by atoms with van der Waals surface area (Å²) in [4.78, 5) is 25.6. The lowest BCUT2D eigenvalue weighted by Gasteiger charge is -2.25. The van der Waals surface area contributed by atoms with Gasteiger partial charge in [-0.1, -0.05) is 39.8 Å². The number of ether oxygens (including phenoxy) is 1. The lowest BCUT2D eigenvalue weighted by Crippen LogP contribution is -2.39. The molecule has 0 spiro atoms. The summed E-state index contributed by atoms with van der Waals surface area (Å²) in [7, 11) is 1.32. The molecule has 1 atom stereocenters. The molecular weight excluding hydrogens is 294 g/mol. The maximum absolute atomic E-state index is 12.6. The molecule has 1 amide bonds. The van der Waals surface area contributed by atoms with Gasteiger partial charge in [-0.25, -0.2) is 0 Å². The third kappa shape index (κ3) is 5.36. The van der Waals surface area contributed by atoms with Crippen molar-refractivity contribution in [3.8, 4) is 0 Å². The van der Waals surface area contributed by atoms with E-state index >= 15 is 0 Å². The van der Waals surface area contributed by atoms with Crippen LogP contribution in [-0.2, 0) is 14.9 Å². The minimum absolute atomic E-state index is 0.0196. The third-order valence-electron chi connectivity index (χ3n) is 3.75. The van der Waals surface area contributed by atoms with Crippen molar-refractivity contribution in [1.29, 1.82) is 0 Å². The highest BCUT2D eigenvalue weighted by atomic mass is 16.5. The van der Waals surface area contributed by atoms with E-state index < -0.39 is 5.92 Å². The van der Waals surface area contributed by atoms with Crippen molar-refractivity contribution in [1.82, 2.24) is 4.90 Å². The van der Waals surface area contributed by atoms with Crippen molar-refractivity contribution in [3.05, 3.63) is 35.4 Å². The first-order chi connectivity index (χ1) is 10.7. The third-order valence-corrected chi connectivity index (χ3v) is 3.75. The summed E-state index contributed by atoms with van der Waals surface area (Å²) in [5, 5.41) is 9.18. The summed E-state index contributed by atoms with van der Waals surface area (Å²) in [6.45, 7) is 8.28. The molecule has 1 unspecified atom stereocenters. The molecule has 0 bridgehead atoms. The molecule has 0 fully saturated rings. The minimum Gasteiger partial charge on any atom is -0.469 e. The fourth-order valence-electron chi connectivity index (χ4n) is 2.30. The van der Waals surface area contributed by atoms with E-state index in [1.807, 2.05) is 12.1 Å². The van der Waals surface area contributed by atoms with Gasteiger partial charge in [0.25, 0.3) is 5.91 Å². The van der Waals surface area contributed by atoms with E-state index in [4.69, 9.17) is 4.74 Å². The molecule has 0 radical (unpaired) electrons. The van der Waals surface area contributed by atoms with E-state index in [1.165, 1.54) is 12.0 Å². The van der Waals surface area contributed by atoms with Gasteiger partial charge in [-0.15, -0.1) is 0 Å². The van der Waals surface area contributed by atoms with Crippen LogP contribution in [0.25, 0.3) is 0 Å². The second-order valence-corrected chi connectivity index (χ2v) is 6.73. The van der Waals surface area contributed by atoms with Crippen LogP contribution in [0.1, 0.15) is 43.6 Å². The number of esters is 1. The van der Waals surface area contributed by atoms with Crippen LogP contribution in [0.4, 0.5) is 0 Å². The van der Waals surface area contributed by atoms with E-state index in [9.17, 15) is 14.7 Å². The number of amides is 1. The maximum atomic E-state index is 12.6. The summed E-state index contributed by atoms with van der Waals surface area (Å²) in [6, 6.07) is 7.45. The van der Waals surface area contributed by atoms with Gasteiger partial charge in [0.1, 0.15) is 0 Å². The first-order valence-electron chi connectivity index (χ1n) is 7.79. The van der Waals surface area contributed by atoms with Crippen molar-refractivity contribution < 1.29 is 19.4 Å². The first-order valence-corrected chi connectivity index (χ1v) is 7.79. The predicted molar refractivity (Wildman–Crippen MR) is 89.3 cm³/mol. The molecule has 1 aromatic rings. The highest BCUT2D eigenvalue weighted by molar-refractivity contribution is 5.94. The van der Waals surface area contributed by atoms with Crippen molar-refractivity contribution in [2.75, 3.05) is 26.8 Å². The molecule has 5 nitrogen and oxygen atoms in total. The summed E-state index contributed by atoms with van der Waals surface area (Å²) in [5.74, 6) is -1.01. The standard InChI is InChI=1S/C18H27NO4/c1-13(17(22)23-5)12-19(10-11-20)16(21)14-6-8-15(9-7-14)18(2,3)4/h6-9,13,20H,10-12H2,1-5H3. The van der Waals surface area contributed by atoms with Gasteiger partial charge in [0.15, 0.2) is 0 Å². The number of methoxy groups -OCH3 is 1. The topological polar surface area (TPSA) is 66.8 Å². The Labute approximate surface area is 138 Å². The largest absolute Gasteiger partial charge is 0.469 e. The molecule has 0 aliphatic rings. The van der Waals surface area contributed by atoms with Crippen LogP contribution < -0.4 is 0 Å². The normalized spacial score (nSPS) is 12.6. The van der Waals surface area contributed by atoms with Gasteiger partial charge in [-0.05, 0) is 23.1 Å². The highest BCUT2D eigenvalue weighted by Gasteiger charge is 2.22. The molecule has 0 aliphatic carbocycles. The van der Waals surface area contributed by atoms with Crippen molar-refractivity contribution in [2.24, 2.45) is 5.92 Å². The van der Waals surface area contributed by atoms with Crippen LogP contribution in [0, 0.1) is 5.92 Å². The van der Waals surface area contributed by atoms with Crippen molar-refractivity contribution in [2.45, 2.75) is 33.1 Å². The van der Waals surface area contributed by atoms with Gasteiger partial charge in [0, 0.05) is 18.7 Å². The molecule has 0 heterocycles. The Morgan fingerprint density at radius 3 is 2.22 bits per heavy atom. The van der Waals surface area contributed by atoms with Crippen LogP contribution in [0.2, 0.25) is 0 Å². The average Bonchev–Trinajstić information content (AvgIpc) is 2.52. The Bertz CT molecular complexity index is 531. The zero-order valence-electron chi connectivity index (χ0n) is 14.6. The van der Waals surface area contributed by atoms with E-state index in [0.717, 1.165) is 5.56 Å². The molecule has 0 aromatic heterocycles. The van der Waals surface area contributed by atoms with Crippen molar-refractivity contribution >= 4 is 11.9 Å². The zero-order chi connectivity index (χ0) is 17.6. The molecule has 1 N–H and O–H groups in total. The molecule has 0 saturated carbocycles. The quantitative estimate of drug-likeness (QED) is 0.816. The molecule has 0 aliphatic heterocycles. The number of rotatable bonds is 6. The average molecular weight is 321 g/mol. The van der Waals surface area contributed by atoms with Gasteiger partial charge in [-0.3, -0.25) is 9.59 Å². The van der Waals surface area contributed by atoms with E-state index in [0.29, 0.717) is 5.56 Å². The van der Waals surface area contributed by atoms with Crippen LogP contribution >= 0.6 is 0 Å².